The van der Waals surface area contributed by atoms with Crippen molar-refractivity contribution in [3.8, 4) is 0 Å². The van der Waals surface area contributed by atoms with Crippen LogP contribution in [0.15, 0.2) is 29.2 Å². The Morgan fingerprint density at radius 3 is 2.79 bits per heavy atom. The summed E-state index contributed by atoms with van der Waals surface area (Å²) in [7, 11) is 0. The van der Waals surface area contributed by atoms with Crippen LogP contribution in [0.3, 0.4) is 0 Å². The average molecular weight is 284 g/mol. The molecule has 1 unspecified atom stereocenters. The Bertz CT molecular complexity index is 453. The molecule has 6 nitrogen and oxygen atoms in total. The molecule has 0 saturated heterocycles. The van der Waals surface area contributed by atoms with Crippen molar-refractivity contribution >= 4 is 23.4 Å². The van der Waals surface area contributed by atoms with E-state index >= 15 is 0 Å². The van der Waals surface area contributed by atoms with Gasteiger partial charge in [-0.05, 0) is 19.0 Å². The fourth-order valence-corrected chi connectivity index (χ4v) is 2.61. The largest absolute Gasteiger partial charge is 0.480 e. The number of nitrogens with zero attached hydrogens (tertiary/aromatic N) is 1. The quantitative estimate of drug-likeness (QED) is 0.431. The van der Waals surface area contributed by atoms with Crippen molar-refractivity contribution in [2.45, 2.75) is 24.3 Å². The molecule has 0 aliphatic heterocycles. The van der Waals surface area contributed by atoms with Crippen molar-refractivity contribution < 1.29 is 14.8 Å². The molecule has 1 aromatic carbocycles. The number of rotatable bonds is 8. The molecule has 0 aliphatic rings. The molecule has 0 aliphatic carbocycles. The van der Waals surface area contributed by atoms with Gasteiger partial charge in [0.2, 0.25) is 0 Å². The number of hydrogen-bond acceptors (Lipinski definition) is 5. The lowest BCUT2D eigenvalue weighted by Gasteiger charge is -2.12. The monoisotopic (exact) mass is 284 g/mol. The number of nitro groups is 1. The third-order valence-electron chi connectivity index (χ3n) is 2.47. The summed E-state index contributed by atoms with van der Waals surface area (Å²) in [5.41, 5.74) is 0.0582. The summed E-state index contributed by atoms with van der Waals surface area (Å²) in [6.07, 6.45) is 0.417. The van der Waals surface area contributed by atoms with Gasteiger partial charge in [-0.2, -0.15) is 0 Å². The zero-order valence-electron chi connectivity index (χ0n) is 10.5. The Morgan fingerprint density at radius 1 is 1.53 bits per heavy atom. The van der Waals surface area contributed by atoms with E-state index in [9.17, 15) is 14.9 Å². The fourth-order valence-electron chi connectivity index (χ4n) is 1.58. The van der Waals surface area contributed by atoms with E-state index in [0.29, 0.717) is 23.6 Å². The van der Waals surface area contributed by atoms with Gasteiger partial charge in [0.05, 0.1) is 9.82 Å². The summed E-state index contributed by atoms with van der Waals surface area (Å²) < 4.78 is 0. The van der Waals surface area contributed by atoms with Crippen LogP contribution in [0, 0.1) is 10.1 Å². The second-order valence-corrected chi connectivity index (χ2v) is 4.95. The number of nitro benzene ring substituents is 1. The van der Waals surface area contributed by atoms with E-state index in [1.807, 2.05) is 6.92 Å². The molecule has 0 heterocycles. The van der Waals surface area contributed by atoms with E-state index in [1.165, 1.54) is 17.8 Å². The average Bonchev–Trinajstić information content (AvgIpc) is 2.38. The number of nitrogens with one attached hydrogen (secondary N) is 1. The van der Waals surface area contributed by atoms with Crippen LogP contribution in [0.2, 0.25) is 0 Å². The Kier molecular flexibility index (Phi) is 6.31. The lowest BCUT2D eigenvalue weighted by Crippen LogP contribution is -2.36. The highest BCUT2D eigenvalue weighted by Gasteiger charge is 2.17. The molecule has 0 radical (unpaired) electrons. The van der Waals surface area contributed by atoms with Crippen LogP contribution >= 0.6 is 11.8 Å². The number of thioether (sulfide) groups is 1. The molecule has 2 N–H and O–H groups in total. The van der Waals surface area contributed by atoms with Crippen molar-refractivity contribution in [3.63, 3.8) is 0 Å². The van der Waals surface area contributed by atoms with Gasteiger partial charge in [-0.15, -0.1) is 11.8 Å². The van der Waals surface area contributed by atoms with Crippen molar-refractivity contribution in [1.82, 2.24) is 5.32 Å². The van der Waals surface area contributed by atoms with Crippen LogP contribution in [-0.2, 0) is 4.79 Å². The van der Waals surface area contributed by atoms with E-state index < -0.39 is 16.9 Å². The van der Waals surface area contributed by atoms with Crippen LogP contribution in [0.5, 0.6) is 0 Å². The maximum Gasteiger partial charge on any atom is 0.320 e. The first kappa shape index (κ1) is 15.5. The second-order valence-electron chi connectivity index (χ2n) is 3.81. The lowest BCUT2D eigenvalue weighted by molar-refractivity contribution is -0.387. The maximum atomic E-state index is 10.9. The molecule has 0 aromatic heterocycles. The first-order chi connectivity index (χ1) is 9.06. The molecular formula is C12H16N2O4S. The van der Waals surface area contributed by atoms with Crippen LogP contribution in [0.25, 0.3) is 0 Å². The van der Waals surface area contributed by atoms with E-state index in [2.05, 4.69) is 5.32 Å². The highest BCUT2D eigenvalue weighted by molar-refractivity contribution is 7.99. The van der Waals surface area contributed by atoms with Crippen LogP contribution in [0.4, 0.5) is 5.69 Å². The van der Waals surface area contributed by atoms with Gasteiger partial charge in [-0.3, -0.25) is 14.9 Å². The second kappa shape index (κ2) is 7.75. The van der Waals surface area contributed by atoms with Crippen molar-refractivity contribution in [2.24, 2.45) is 0 Å². The number of likely N-dealkylation sites (N-methyl/N-ethyl adjacent to an activating group) is 1. The topological polar surface area (TPSA) is 92.5 Å². The predicted molar refractivity (Wildman–Crippen MR) is 73.5 cm³/mol. The number of hydrogen-bond donors (Lipinski definition) is 2. The molecule has 7 heteroatoms. The van der Waals surface area contributed by atoms with E-state index in [1.54, 1.807) is 18.2 Å². The Balaban J connectivity index is 2.57. The summed E-state index contributed by atoms with van der Waals surface area (Å²) in [6.45, 7) is 2.41. The van der Waals surface area contributed by atoms with Crippen LogP contribution in [0.1, 0.15) is 13.3 Å². The first-order valence-electron chi connectivity index (χ1n) is 5.88. The molecule has 0 saturated carbocycles. The van der Waals surface area contributed by atoms with Crippen molar-refractivity contribution in [2.75, 3.05) is 12.3 Å². The van der Waals surface area contributed by atoms with Gasteiger partial charge in [-0.1, -0.05) is 19.1 Å². The highest BCUT2D eigenvalue weighted by atomic mass is 32.2. The molecule has 19 heavy (non-hydrogen) atoms. The molecule has 0 spiro atoms. The number of para-hydroxylation sites is 1. The standard InChI is InChI=1S/C12H16N2O4S/c1-2-13-9(12(15)16)7-8-19-11-6-4-3-5-10(11)14(17)18/h3-6,9,13H,2,7-8H2,1H3,(H,15,16). The van der Waals surface area contributed by atoms with Gasteiger partial charge in [-0.25, -0.2) is 0 Å². The normalized spacial score (nSPS) is 12.1. The lowest BCUT2D eigenvalue weighted by atomic mass is 10.2. The van der Waals surface area contributed by atoms with Gasteiger partial charge >= 0.3 is 5.97 Å². The molecule has 0 bridgehead atoms. The molecule has 1 atom stereocenters. The van der Waals surface area contributed by atoms with Gasteiger partial charge in [0, 0.05) is 11.8 Å². The minimum atomic E-state index is -0.898. The zero-order valence-corrected chi connectivity index (χ0v) is 11.4. The van der Waals surface area contributed by atoms with Gasteiger partial charge < -0.3 is 10.4 Å². The predicted octanol–water partition coefficient (Wildman–Crippen LogP) is 2.14. The molecular weight excluding hydrogens is 268 g/mol. The van der Waals surface area contributed by atoms with E-state index in [0.717, 1.165) is 0 Å². The van der Waals surface area contributed by atoms with Gasteiger partial charge in [0.25, 0.3) is 5.69 Å². The summed E-state index contributed by atoms with van der Waals surface area (Å²) in [5.74, 6) is -0.389. The first-order valence-corrected chi connectivity index (χ1v) is 6.87. The third-order valence-corrected chi connectivity index (χ3v) is 3.57. The number of carbonyl (C=O) groups is 1. The third kappa shape index (κ3) is 4.88. The van der Waals surface area contributed by atoms with Crippen LogP contribution < -0.4 is 5.32 Å². The number of benzene rings is 1. The smallest absolute Gasteiger partial charge is 0.320 e. The number of carboxylic acid groups (broad SMARTS) is 1. The summed E-state index contributed by atoms with van der Waals surface area (Å²) in [5, 5.41) is 22.6. The van der Waals surface area contributed by atoms with E-state index in [-0.39, 0.29) is 5.69 Å². The maximum absolute atomic E-state index is 10.9. The van der Waals surface area contributed by atoms with Crippen LogP contribution in [-0.4, -0.2) is 34.3 Å². The Hall–Kier alpha value is -1.60. The molecule has 1 aromatic rings. The van der Waals surface area contributed by atoms with E-state index in [4.69, 9.17) is 5.11 Å². The molecule has 1 rings (SSSR count). The zero-order chi connectivity index (χ0) is 14.3. The number of carboxylic acids is 1. The Morgan fingerprint density at radius 2 is 2.21 bits per heavy atom. The fraction of sp³-hybridized carbons (Fsp3) is 0.417. The van der Waals surface area contributed by atoms with Gasteiger partial charge in [0.1, 0.15) is 6.04 Å². The SMILES string of the molecule is CCNC(CCSc1ccccc1[N+](=O)[O-])C(=O)O. The molecule has 0 amide bonds. The van der Waals surface area contributed by atoms with Crippen molar-refractivity contribution in [3.05, 3.63) is 34.4 Å². The highest BCUT2D eigenvalue weighted by Crippen LogP contribution is 2.29. The van der Waals surface area contributed by atoms with Crippen molar-refractivity contribution in [1.29, 1.82) is 0 Å². The minimum absolute atomic E-state index is 0.0582. The summed E-state index contributed by atoms with van der Waals surface area (Å²) in [6, 6.07) is 5.85. The Labute approximate surface area is 115 Å². The van der Waals surface area contributed by atoms with Gasteiger partial charge in [0.15, 0.2) is 0 Å². The summed E-state index contributed by atoms with van der Waals surface area (Å²) in [4.78, 5) is 21.9. The molecule has 0 fully saturated rings. The minimum Gasteiger partial charge on any atom is -0.480 e. The molecule has 104 valence electrons. The number of aliphatic carboxylic acids is 1. The summed E-state index contributed by atoms with van der Waals surface area (Å²) >= 11 is 1.30.